The van der Waals surface area contributed by atoms with E-state index in [9.17, 15) is 9.59 Å². The molecule has 1 aliphatic heterocycles. The molecule has 6 heteroatoms. The van der Waals surface area contributed by atoms with Gasteiger partial charge < -0.3 is 20.1 Å². The number of carboxylic acid groups (broad SMARTS) is 1. The van der Waals surface area contributed by atoms with Gasteiger partial charge in [0.15, 0.2) is 0 Å². The van der Waals surface area contributed by atoms with E-state index < -0.39 is 12.0 Å². The van der Waals surface area contributed by atoms with Crippen LogP contribution in [0.3, 0.4) is 0 Å². The van der Waals surface area contributed by atoms with Gasteiger partial charge in [-0.15, -0.1) is 0 Å². The van der Waals surface area contributed by atoms with E-state index >= 15 is 0 Å². The molecule has 2 rings (SSSR count). The summed E-state index contributed by atoms with van der Waals surface area (Å²) in [6.45, 7) is 2.96. The number of carboxylic acids is 1. The molecule has 0 bridgehead atoms. The van der Waals surface area contributed by atoms with Crippen molar-refractivity contribution in [1.82, 2.24) is 10.2 Å². The van der Waals surface area contributed by atoms with Crippen molar-refractivity contribution in [2.75, 3.05) is 13.2 Å². The number of carbonyl (C=O) groups excluding carboxylic acids is 1. The van der Waals surface area contributed by atoms with Crippen molar-refractivity contribution in [2.45, 2.75) is 25.9 Å². The summed E-state index contributed by atoms with van der Waals surface area (Å²) in [6.07, 6.45) is 0.349. The van der Waals surface area contributed by atoms with Crippen molar-refractivity contribution in [1.29, 1.82) is 0 Å². The maximum atomic E-state index is 12.1. The number of nitrogens with zero attached hydrogens (tertiary/aromatic N) is 1. The average molecular weight is 278 g/mol. The average Bonchev–Trinajstić information content (AvgIpc) is 2.66. The molecule has 2 amide bonds. The van der Waals surface area contributed by atoms with Gasteiger partial charge in [-0.25, -0.2) is 9.59 Å². The zero-order valence-corrected chi connectivity index (χ0v) is 11.3. The van der Waals surface area contributed by atoms with Crippen LogP contribution in [0.4, 0.5) is 4.79 Å². The Balaban J connectivity index is 2.06. The topological polar surface area (TPSA) is 78.9 Å². The van der Waals surface area contributed by atoms with Gasteiger partial charge in [0.1, 0.15) is 18.4 Å². The highest BCUT2D eigenvalue weighted by atomic mass is 16.5. The van der Waals surface area contributed by atoms with Crippen LogP contribution in [0.2, 0.25) is 0 Å². The second kappa shape index (κ2) is 6.27. The van der Waals surface area contributed by atoms with Crippen molar-refractivity contribution in [3.8, 4) is 5.75 Å². The molecule has 1 aliphatic rings. The van der Waals surface area contributed by atoms with E-state index in [1.807, 2.05) is 24.3 Å². The molecule has 6 nitrogen and oxygen atoms in total. The predicted octanol–water partition coefficient (Wildman–Crippen LogP) is 1.45. The maximum Gasteiger partial charge on any atom is 0.326 e. The zero-order valence-electron chi connectivity index (χ0n) is 11.3. The van der Waals surface area contributed by atoms with Crippen molar-refractivity contribution in [2.24, 2.45) is 0 Å². The third kappa shape index (κ3) is 3.20. The number of nitrogens with one attached hydrogen (secondary N) is 1. The lowest BCUT2D eigenvalue weighted by molar-refractivity contribution is -0.139. The Morgan fingerprint density at radius 1 is 1.45 bits per heavy atom. The van der Waals surface area contributed by atoms with Crippen LogP contribution in [0, 0.1) is 0 Å². The summed E-state index contributed by atoms with van der Waals surface area (Å²) in [6, 6.07) is 6.29. The fourth-order valence-electron chi connectivity index (χ4n) is 2.08. The Hall–Kier alpha value is -2.24. The molecule has 0 saturated carbocycles. The van der Waals surface area contributed by atoms with E-state index in [4.69, 9.17) is 9.84 Å². The molecule has 1 aromatic carbocycles. The van der Waals surface area contributed by atoms with Gasteiger partial charge in [0.05, 0.1) is 13.1 Å². The molecule has 1 aromatic rings. The lowest BCUT2D eigenvalue weighted by Gasteiger charge is -2.22. The van der Waals surface area contributed by atoms with Crippen molar-refractivity contribution in [3.63, 3.8) is 0 Å². The Morgan fingerprint density at radius 2 is 2.20 bits per heavy atom. The van der Waals surface area contributed by atoms with Gasteiger partial charge >= 0.3 is 12.0 Å². The lowest BCUT2D eigenvalue weighted by Crippen LogP contribution is -2.48. The van der Waals surface area contributed by atoms with Crippen LogP contribution in [0.1, 0.15) is 18.9 Å². The number of carbonyl (C=O) groups is 2. The molecule has 0 aliphatic carbocycles. The Labute approximate surface area is 117 Å². The van der Waals surface area contributed by atoms with E-state index in [-0.39, 0.29) is 6.03 Å². The van der Waals surface area contributed by atoms with Gasteiger partial charge in [-0.05, 0) is 12.5 Å². The molecule has 1 unspecified atom stereocenters. The number of amides is 2. The molecule has 0 fully saturated rings. The van der Waals surface area contributed by atoms with Gasteiger partial charge in [-0.3, -0.25) is 0 Å². The van der Waals surface area contributed by atoms with Crippen LogP contribution in [-0.2, 0) is 11.3 Å². The second-order valence-electron chi connectivity index (χ2n) is 4.63. The van der Waals surface area contributed by atoms with Crippen LogP contribution in [0.5, 0.6) is 5.75 Å². The molecule has 0 radical (unpaired) electrons. The second-order valence-corrected chi connectivity index (χ2v) is 4.63. The zero-order chi connectivity index (χ0) is 14.5. The summed E-state index contributed by atoms with van der Waals surface area (Å²) in [5.41, 5.74) is 0.920. The first kappa shape index (κ1) is 14.2. The standard InChI is InChI=1S/C14H18N2O4/c1-2-11(13(17)18)15-14(19)16-7-8-20-12-6-4-3-5-10(12)9-16/h3-6,11H,2,7-9H2,1H3,(H,15,19)(H,17,18). The molecular formula is C14H18N2O4. The number of benzene rings is 1. The van der Waals surface area contributed by atoms with E-state index in [0.29, 0.717) is 26.1 Å². The quantitative estimate of drug-likeness (QED) is 0.877. The summed E-state index contributed by atoms with van der Waals surface area (Å²) < 4.78 is 5.57. The monoisotopic (exact) mass is 278 g/mol. The number of urea groups is 1. The number of hydrogen-bond acceptors (Lipinski definition) is 3. The largest absolute Gasteiger partial charge is 0.491 e. The fraction of sp³-hybridized carbons (Fsp3) is 0.429. The smallest absolute Gasteiger partial charge is 0.326 e. The first-order chi connectivity index (χ1) is 9.61. The highest BCUT2D eigenvalue weighted by Gasteiger charge is 2.23. The van der Waals surface area contributed by atoms with Gasteiger partial charge in [-0.2, -0.15) is 0 Å². The minimum atomic E-state index is -1.02. The summed E-state index contributed by atoms with van der Waals surface area (Å²) in [5.74, 6) is -0.250. The Kier molecular flexibility index (Phi) is 4.45. The maximum absolute atomic E-state index is 12.1. The van der Waals surface area contributed by atoms with Gasteiger partial charge in [0.25, 0.3) is 0 Å². The number of rotatable bonds is 3. The van der Waals surface area contributed by atoms with E-state index in [1.54, 1.807) is 11.8 Å². The van der Waals surface area contributed by atoms with Gasteiger partial charge in [0.2, 0.25) is 0 Å². The number of ether oxygens (including phenoxy) is 1. The minimum Gasteiger partial charge on any atom is -0.491 e. The fourth-order valence-corrected chi connectivity index (χ4v) is 2.08. The molecule has 0 aromatic heterocycles. The third-order valence-electron chi connectivity index (χ3n) is 3.24. The SMILES string of the molecule is CCC(NC(=O)N1CCOc2ccccc2C1)C(=O)O. The minimum absolute atomic E-state index is 0.349. The molecule has 0 spiro atoms. The number of fused-ring (bicyclic) bond motifs is 1. The lowest BCUT2D eigenvalue weighted by atomic mass is 10.2. The molecule has 108 valence electrons. The van der Waals surface area contributed by atoms with Crippen LogP contribution in [0.15, 0.2) is 24.3 Å². The van der Waals surface area contributed by atoms with Crippen molar-refractivity contribution >= 4 is 12.0 Å². The number of hydrogen-bond donors (Lipinski definition) is 2. The summed E-state index contributed by atoms with van der Waals surface area (Å²) in [7, 11) is 0. The van der Waals surface area contributed by atoms with E-state index in [1.165, 1.54) is 0 Å². The van der Waals surface area contributed by atoms with Crippen LogP contribution >= 0.6 is 0 Å². The summed E-state index contributed by atoms with van der Waals surface area (Å²) in [4.78, 5) is 24.7. The number of para-hydroxylation sites is 1. The molecule has 20 heavy (non-hydrogen) atoms. The van der Waals surface area contributed by atoms with Crippen LogP contribution in [0.25, 0.3) is 0 Å². The summed E-state index contributed by atoms with van der Waals surface area (Å²) in [5, 5.41) is 11.5. The first-order valence-electron chi connectivity index (χ1n) is 6.60. The highest BCUT2D eigenvalue weighted by molar-refractivity contribution is 5.82. The van der Waals surface area contributed by atoms with Crippen molar-refractivity contribution < 1.29 is 19.4 Å². The van der Waals surface area contributed by atoms with E-state index in [2.05, 4.69) is 5.32 Å². The Bertz CT molecular complexity index is 504. The van der Waals surface area contributed by atoms with Crippen molar-refractivity contribution in [3.05, 3.63) is 29.8 Å². The molecule has 0 saturated heterocycles. The predicted molar refractivity (Wildman–Crippen MR) is 72.6 cm³/mol. The normalized spacial score (nSPS) is 15.6. The number of aliphatic carboxylic acids is 1. The van der Waals surface area contributed by atoms with Gasteiger partial charge in [-0.1, -0.05) is 25.1 Å². The molecule has 2 N–H and O–H groups in total. The molecule has 1 atom stereocenters. The van der Waals surface area contributed by atoms with Crippen LogP contribution < -0.4 is 10.1 Å². The highest BCUT2D eigenvalue weighted by Crippen LogP contribution is 2.22. The molecular weight excluding hydrogens is 260 g/mol. The third-order valence-corrected chi connectivity index (χ3v) is 3.24. The summed E-state index contributed by atoms with van der Waals surface area (Å²) >= 11 is 0. The molecule has 1 heterocycles. The van der Waals surface area contributed by atoms with Gasteiger partial charge in [0, 0.05) is 5.56 Å². The first-order valence-corrected chi connectivity index (χ1v) is 6.60. The van der Waals surface area contributed by atoms with Crippen LogP contribution in [-0.4, -0.2) is 41.2 Å². The van der Waals surface area contributed by atoms with E-state index in [0.717, 1.165) is 11.3 Å². The Morgan fingerprint density at radius 3 is 2.90 bits per heavy atom.